The lowest BCUT2D eigenvalue weighted by Gasteiger charge is -2.29. The monoisotopic (exact) mass is 449 g/mol. The fourth-order valence-electron chi connectivity index (χ4n) is 3.74. The van der Waals surface area contributed by atoms with Crippen LogP contribution >= 0.6 is 11.6 Å². The molecule has 0 aliphatic carbocycles. The van der Waals surface area contributed by atoms with Crippen LogP contribution in [0.5, 0.6) is 0 Å². The number of carbonyl (C=O) groups excluding carboxylic acids is 1. The quantitative estimate of drug-likeness (QED) is 0.699. The van der Waals surface area contributed by atoms with Crippen molar-refractivity contribution in [2.45, 2.75) is 39.3 Å². The van der Waals surface area contributed by atoms with Crippen molar-refractivity contribution in [3.8, 4) is 0 Å². The van der Waals surface area contributed by atoms with Crippen molar-refractivity contribution in [3.63, 3.8) is 0 Å². The fraction of sp³-hybridized carbons (Fsp3) is 0.409. The summed E-state index contributed by atoms with van der Waals surface area (Å²) in [5, 5.41) is 3.26. The summed E-state index contributed by atoms with van der Waals surface area (Å²) in [6, 6.07) is 12.2. The van der Waals surface area contributed by atoms with E-state index in [-0.39, 0.29) is 5.91 Å². The maximum absolute atomic E-state index is 12.8. The molecular weight excluding hydrogens is 422 g/mol. The Hall–Kier alpha value is -2.25. The van der Waals surface area contributed by atoms with Crippen molar-refractivity contribution in [2.75, 3.05) is 28.6 Å². The molecule has 0 saturated carbocycles. The molecule has 6 nitrogen and oxygen atoms in total. The number of sulfonamides is 1. The highest BCUT2D eigenvalue weighted by Gasteiger charge is 2.30. The molecule has 1 atom stereocenters. The summed E-state index contributed by atoms with van der Waals surface area (Å²) >= 11 is 6.07. The predicted octanol–water partition coefficient (Wildman–Crippen LogP) is 3.72. The SMILES string of the molecule is Cc1ccc(Cl)cc1N([C@H](C)C(=O)NCc1ccc(N2CCCC2)cc1)S(C)(=O)=O. The van der Waals surface area contributed by atoms with E-state index in [4.69, 9.17) is 11.6 Å². The van der Waals surface area contributed by atoms with Crippen LogP contribution in [0.15, 0.2) is 42.5 Å². The zero-order valence-electron chi connectivity index (χ0n) is 17.6. The first kappa shape index (κ1) is 22.4. The molecule has 162 valence electrons. The Bertz CT molecular complexity index is 1000. The van der Waals surface area contributed by atoms with E-state index >= 15 is 0 Å². The molecule has 1 aliphatic heterocycles. The minimum atomic E-state index is -3.69. The third-order valence-corrected chi connectivity index (χ3v) is 6.83. The Morgan fingerprint density at radius 3 is 2.40 bits per heavy atom. The van der Waals surface area contributed by atoms with E-state index in [0.29, 0.717) is 17.3 Å². The smallest absolute Gasteiger partial charge is 0.243 e. The van der Waals surface area contributed by atoms with Crippen molar-refractivity contribution in [2.24, 2.45) is 0 Å². The molecule has 2 aromatic carbocycles. The number of carbonyl (C=O) groups is 1. The van der Waals surface area contributed by atoms with Gasteiger partial charge in [0.25, 0.3) is 0 Å². The van der Waals surface area contributed by atoms with Gasteiger partial charge in [-0.3, -0.25) is 9.10 Å². The molecule has 1 N–H and O–H groups in total. The molecule has 0 radical (unpaired) electrons. The van der Waals surface area contributed by atoms with Gasteiger partial charge in [0.1, 0.15) is 6.04 Å². The number of aryl methyl sites for hydroxylation is 1. The molecule has 8 heteroatoms. The van der Waals surface area contributed by atoms with Crippen molar-refractivity contribution in [3.05, 3.63) is 58.6 Å². The molecule has 0 aromatic heterocycles. The minimum Gasteiger partial charge on any atom is -0.372 e. The van der Waals surface area contributed by atoms with E-state index in [2.05, 4.69) is 22.3 Å². The van der Waals surface area contributed by atoms with Gasteiger partial charge in [0.2, 0.25) is 15.9 Å². The predicted molar refractivity (Wildman–Crippen MR) is 123 cm³/mol. The van der Waals surface area contributed by atoms with Gasteiger partial charge in [-0.1, -0.05) is 29.8 Å². The molecule has 1 heterocycles. The Balaban J connectivity index is 1.70. The van der Waals surface area contributed by atoms with Crippen LogP contribution in [0.2, 0.25) is 5.02 Å². The normalized spacial score (nSPS) is 15.1. The van der Waals surface area contributed by atoms with Gasteiger partial charge in [-0.2, -0.15) is 0 Å². The van der Waals surface area contributed by atoms with E-state index in [0.717, 1.165) is 34.8 Å². The lowest BCUT2D eigenvalue weighted by molar-refractivity contribution is -0.122. The van der Waals surface area contributed by atoms with Crippen LogP contribution in [0.25, 0.3) is 0 Å². The van der Waals surface area contributed by atoms with Gasteiger partial charge in [0.15, 0.2) is 0 Å². The lowest BCUT2D eigenvalue weighted by atomic mass is 10.1. The summed E-state index contributed by atoms with van der Waals surface area (Å²) in [4.78, 5) is 15.1. The number of nitrogens with one attached hydrogen (secondary N) is 1. The second-order valence-corrected chi connectivity index (χ2v) is 10.0. The van der Waals surface area contributed by atoms with E-state index < -0.39 is 16.1 Å². The number of benzene rings is 2. The number of anilines is 2. The minimum absolute atomic E-state index is 0.329. The number of hydrogen-bond acceptors (Lipinski definition) is 4. The Morgan fingerprint density at radius 1 is 1.17 bits per heavy atom. The van der Waals surface area contributed by atoms with Crippen LogP contribution in [-0.4, -0.2) is 39.7 Å². The molecular formula is C22H28ClN3O3S. The van der Waals surface area contributed by atoms with E-state index in [9.17, 15) is 13.2 Å². The average molecular weight is 450 g/mol. The first-order valence-corrected chi connectivity index (χ1v) is 12.3. The van der Waals surface area contributed by atoms with Crippen molar-refractivity contribution < 1.29 is 13.2 Å². The molecule has 3 rings (SSSR count). The number of halogens is 1. The van der Waals surface area contributed by atoms with Crippen LogP contribution in [0, 0.1) is 6.92 Å². The highest BCUT2D eigenvalue weighted by Crippen LogP contribution is 2.28. The number of nitrogens with zero attached hydrogens (tertiary/aromatic N) is 2. The first-order valence-electron chi connectivity index (χ1n) is 10.0. The number of amides is 1. The standard InChI is InChI=1S/C22H28ClN3O3S/c1-16-6-9-19(23)14-21(16)26(30(3,28)29)17(2)22(27)24-15-18-7-10-20(11-8-18)25-12-4-5-13-25/h6-11,14,17H,4-5,12-13,15H2,1-3H3,(H,24,27)/t17-/m1/s1. The van der Waals surface area contributed by atoms with Gasteiger partial charge in [-0.05, 0) is 62.1 Å². The topological polar surface area (TPSA) is 69.7 Å². The second kappa shape index (κ2) is 9.27. The third kappa shape index (κ3) is 5.26. The number of rotatable bonds is 7. The maximum atomic E-state index is 12.8. The Kier molecular flexibility index (Phi) is 6.93. The van der Waals surface area contributed by atoms with Gasteiger partial charge in [-0.25, -0.2) is 8.42 Å². The zero-order chi connectivity index (χ0) is 21.9. The summed E-state index contributed by atoms with van der Waals surface area (Å²) in [5.41, 5.74) is 3.28. The van der Waals surface area contributed by atoms with Crippen molar-refractivity contribution in [1.82, 2.24) is 5.32 Å². The highest BCUT2D eigenvalue weighted by atomic mass is 35.5. The highest BCUT2D eigenvalue weighted by molar-refractivity contribution is 7.92. The number of hydrogen-bond donors (Lipinski definition) is 1. The lowest BCUT2D eigenvalue weighted by Crippen LogP contribution is -2.48. The maximum Gasteiger partial charge on any atom is 0.243 e. The van der Waals surface area contributed by atoms with Crippen molar-refractivity contribution >= 4 is 38.9 Å². The largest absolute Gasteiger partial charge is 0.372 e. The molecule has 1 saturated heterocycles. The second-order valence-electron chi connectivity index (χ2n) is 7.74. The van der Waals surface area contributed by atoms with Gasteiger partial charge in [-0.15, -0.1) is 0 Å². The van der Waals surface area contributed by atoms with E-state index in [1.165, 1.54) is 18.5 Å². The molecule has 0 spiro atoms. The van der Waals surface area contributed by atoms with Crippen LogP contribution in [-0.2, 0) is 21.4 Å². The summed E-state index contributed by atoms with van der Waals surface area (Å²) in [5.74, 6) is -0.372. The molecule has 2 aromatic rings. The summed E-state index contributed by atoms with van der Waals surface area (Å²) < 4.78 is 26.1. The Morgan fingerprint density at radius 2 is 1.80 bits per heavy atom. The Labute approximate surface area is 183 Å². The average Bonchev–Trinajstić information content (AvgIpc) is 3.23. The van der Waals surface area contributed by atoms with Gasteiger partial charge in [0, 0.05) is 30.3 Å². The van der Waals surface area contributed by atoms with Crippen molar-refractivity contribution in [1.29, 1.82) is 0 Å². The van der Waals surface area contributed by atoms with Crippen LogP contribution < -0.4 is 14.5 Å². The van der Waals surface area contributed by atoms with Crippen LogP contribution in [0.4, 0.5) is 11.4 Å². The third-order valence-electron chi connectivity index (χ3n) is 5.37. The molecule has 0 bridgehead atoms. The van der Waals surface area contributed by atoms with E-state index in [1.807, 2.05) is 12.1 Å². The van der Waals surface area contributed by atoms with Gasteiger partial charge >= 0.3 is 0 Å². The molecule has 30 heavy (non-hydrogen) atoms. The molecule has 1 aliphatic rings. The van der Waals surface area contributed by atoms with Gasteiger partial charge < -0.3 is 10.2 Å². The molecule has 1 amide bonds. The van der Waals surface area contributed by atoms with Crippen LogP contribution in [0.1, 0.15) is 30.9 Å². The summed E-state index contributed by atoms with van der Waals surface area (Å²) in [7, 11) is -3.69. The fourth-order valence-corrected chi connectivity index (χ4v) is 5.13. The zero-order valence-corrected chi connectivity index (χ0v) is 19.1. The summed E-state index contributed by atoms with van der Waals surface area (Å²) in [6.45, 7) is 5.86. The van der Waals surface area contributed by atoms with E-state index in [1.54, 1.807) is 32.0 Å². The van der Waals surface area contributed by atoms with Gasteiger partial charge in [0.05, 0.1) is 11.9 Å². The molecule has 1 fully saturated rings. The summed E-state index contributed by atoms with van der Waals surface area (Å²) in [6.07, 6.45) is 3.53. The molecule has 0 unspecified atom stereocenters. The van der Waals surface area contributed by atoms with Crippen LogP contribution in [0.3, 0.4) is 0 Å². The first-order chi connectivity index (χ1) is 14.2.